The van der Waals surface area contributed by atoms with E-state index in [0.29, 0.717) is 17.3 Å². The van der Waals surface area contributed by atoms with Crippen molar-refractivity contribution in [3.8, 4) is 5.88 Å². The van der Waals surface area contributed by atoms with E-state index in [1.165, 1.54) is 6.33 Å². The smallest absolute Gasteiger partial charge is 0.218 e. The molecule has 0 saturated heterocycles. The van der Waals surface area contributed by atoms with Crippen LogP contribution in [0.5, 0.6) is 5.88 Å². The van der Waals surface area contributed by atoms with Crippen molar-refractivity contribution in [3.63, 3.8) is 0 Å². The van der Waals surface area contributed by atoms with E-state index in [4.69, 9.17) is 4.74 Å². The van der Waals surface area contributed by atoms with Crippen LogP contribution < -0.4 is 10.1 Å². The summed E-state index contributed by atoms with van der Waals surface area (Å²) in [6, 6.07) is 1.82. The fraction of sp³-hybridized carbons (Fsp3) is 0.636. The normalized spacial score (nSPS) is 12.2. The van der Waals surface area contributed by atoms with Crippen LogP contribution in [0, 0.1) is 0 Å². The summed E-state index contributed by atoms with van der Waals surface area (Å²) < 4.78 is 5.29. The summed E-state index contributed by atoms with van der Waals surface area (Å²) in [6.45, 7) is 5.62. The van der Waals surface area contributed by atoms with Crippen molar-refractivity contribution in [2.75, 3.05) is 18.5 Å². The predicted octanol–water partition coefficient (Wildman–Crippen LogP) is 2.85. The number of nitrogens with one attached hydrogen (secondary N) is 1. The van der Waals surface area contributed by atoms with Gasteiger partial charge in [0, 0.05) is 17.4 Å². The number of hydrogen-bond donors (Lipinski definition) is 1. The van der Waals surface area contributed by atoms with Crippen molar-refractivity contribution < 1.29 is 4.74 Å². The topological polar surface area (TPSA) is 47.0 Å². The first-order valence-electron chi connectivity index (χ1n) is 5.59. The molecule has 0 fully saturated rings. The Morgan fingerprint density at radius 3 is 2.94 bits per heavy atom. The fourth-order valence-electron chi connectivity index (χ4n) is 1.22. The van der Waals surface area contributed by atoms with E-state index in [2.05, 4.69) is 38.1 Å². The van der Waals surface area contributed by atoms with E-state index in [1.807, 2.05) is 13.0 Å². The summed E-state index contributed by atoms with van der Waals surface area (Å²) in [5, 5.41) is 3.25. The molecule has 0 aliphatic carbocycles. The van der Waals surface area contributed by atoms with Crippen LogP contribution in [0.3, 0.4) is 0 Å². The third-order valence-electron chi connectivity index (χ3n) is 2.14. The highest BCUT2D eigenvalue weighted by molar-refractivity contribution is 9.09. The molecule has 0 aliphatic rings. The number of halogens is 1. The number of nitrogens with zero attached hydrogens (tertiary/aromatic N) is 2. The van der Waals surface area contributed by atoms with E-state index in [0.717, 1.165) is 25.2 Å². The minimum absolute atomic E-state index is 0.563. The van der Waals surface area contributed by atoms with Gasteiger partial charge in [0.2, 0.25) is 5.88 Å². The number of aromatic nitrogens is 2. The van der Waals surface area contributed by atoms with Crippen LogP contribution in [0.25, 0.3) is 0 Å². The molecule has 0 saturated carbocycles. The lowest BCUT2D eigenvalue weighted by Gasteiger charge is -2.09. The highest BCUT2D eigenvalue weighted by Gasteiger charge is 2.01. The van der Waals surface area contributed by atoms with Gasteiger partial charge in [-0.25, -0.2) is 9.97 Å². The molecule has 4 nitrogen and oxygen atoms in total. The lowest BCUT2D eigenvalue weighted by Crippen LogP contribution is -2.09. The Hall–Kier alpha value is -0.840. The molecule has 1 heterocycles. The van der Waals surface area contributed by atoms with Crippen molar-refractivity contribution >= 4 is 21.7 Å². The minimum atomic E-state index is 0.563. The maximum atomic E-state index is 5.29. The van der Waals surface area contributed by atoms with E-state index in [1.54, 1.807) is 0 Å². The van der Waals surface area contributed by atoms with Gasteiger partial charge in [0.15, 0.2) is 0 Å². The molecule has 0 spiro atoms. The van der Waals surface area contributed by atoms with Gasteiger partial charge in [0.05, 0.1) is 6.61 Å². The molecule has 0 amide bonds. The first kappa shape index (κ1) is 13.2. The van der Waals surface area contributed by atoms with Gasteiger partial charge < -0.3 is 10.1 Å². The molecule has 1 rings (SSSR count). The van der Waals surface area contributed by atoms with Crippen molar-refractivity contribution in [3.05, 3.63) is 12.4 Å². The molecule has 1 aromatic heterocycles. The van der Waals surface area contributed by atoms with Crippen LogP contribution in [-0.2, 0) is 0 Å². The largest absolute Gasteiger partial charge is 0.478 e. The van der Waals surface area contributed by atoms with Gasteiger partial charge in [-0.3, -0.25) is 0 Å². The third-order valence-corrected chi connectivity index (χ3v) is 3.25. The van der Waals surface area contributed by atoms with E-state index in [-0.39, 0.29) is 0 Å². The van der Waals surface area contributed by atoms with Gasteiger partial charge in [-0.1, -0.05) is 22.9 Å². The fourth-order valence-corrected chi connectivity index (χ4v) is 1.45. The van der Waals surface area contributed by atoms with Crippen LogP contribution in [0.1, 0.15) is 26.7 Å². The van der Waals surface area contributed by atoms with Crippen molar-refractivity contribution in [2.24, 2.45) is 0 Å². The molecule has 1 atom stereocenters. The molecule has 0 radical (unpaired) electrons. The lowest BCUT2D eigenvalue weighted by atomic mass is 10.2. The first-order chi connectivity index (χ1) is 7.76. The Morgan fingerprint density at radius 1 is 1.44 bits per heavy atom. The number of anilines is 1. The average Bonchev–Trinajstić information content (AvgIpc) is 2.30. The third kappa shape index (κ3) is 4.79. The average molecular weight is 288 g/mol. The molecule has 1 N–H and O–H groups in total. The second-order valence-electron chi connectivity index (χ2n) is 3.40. The van der Waals surface area contributed by atoms with Crippen molar-refractivity contribution in [1.82, 2.24) is 9.97 Å². The van der Waals surface area contributed by atoms with Crippen molar-refractivity contribution in [1.29, 1.82) is 0 Å². The second-order valence-corrected chi connectivity index (χ2v) is 4.69. The quantitative estimate of drug-likeness (QED) is 0.784. The summed E-state index contributed by atoms with van der Waals surface area (Å²) >= 11 is 3.59. The van der Waals surface area contributed by atoms with Crippen LogP contribution in [0.4, 0.5) is 5.82 Å². The zero-order chi connectivity index (χ0) is 11.8. The summed E-state index contributed by atoms with van der Waals surface area (Å²) in [6.07, 6.45) is 3.72. The maximum Gasteiger partial charge on any atom is 0.218 e. The van der Waals surface area contributed by atoms with Gasteiger partial charge in [-0.05, 0) is 19.8 Å². The molecule has 1 aromatic rings. The number of ether oxygens (including phenoxy) is 1. The van der Waals surface area contributed by atoms with E-state index >= 15 is 0 Å². The van der Waals surface area contributed by atoms with E-state index < -0.39 is 0 Å². The Kier molecular flexibility index (Phi) is 6.15. The molecular weight excluding hydrogens is 270 g/mol. The molecule has 0 aromatic carbocycles. The molecule has 1 unspecified atom stereocenters. The van der Waals surface area contributed by atoms with Crippen molar-refractivity contribution in [2.45, 2.75) is 31.5 Å². The maximum absolute atomic E-state index is 5.29. The Bertz CT molecular complexity index is 309. The molecule has 0 bridgehead atoms. The number of hydrogen-bond acceptors (Lipinski definition) is 4. The number of alkyl halides is 1. The minimum Gasteiger partial charge on any atom is -0.478 e. The summed E-state index contributed by atoms with van der Waals surface area (Å²) in [4.78, 5) is 8.70. The van der Waals surface area contributed by atoms with Crippen LogP contribution >= 0.6 is 15.9 Å². The zero-order valence-corrected chi connectivity index (χ0v) is 11.3. The molecule has 90 valence electrons. The van der Waals surface area contributed by atoms with Gasteiger partial charge >= 0.3 is 0 Å². The molecule has 0 aliphatic heterocycles. The molecule has 5 heteroatoms. The first-order valence-corrected chi connectivity index (χ1v) is 6.50. The molecular formula is C11H18BrN3O. The van der Waals surface area contributed by atoms with Gasteiger partial charge in [0.1, 0.15) is 12.1 Å². The molecule has 16 heavy (non-hydrogen) atoms. The summed E-state index contributed by atoms with van der Waals surface area (Å²) in [7, 11) is 0. The van der Waals surface area contributed by atoms with E-state index in [9.17, 15) is 0 Å². The highest BCUT2D eigenvalue weighted by atomic mass is 79.9. The zero-order valence-electron chi connectivity index (χ0n) is 9.74. The second kappa shape index (κ2) is 7.44. The van der Waals surface area contributed by atoms with Gasteiger partial charge in [0.25, 0.3) is 0 Å². The van der Waals surface area contributed by atoms with Crippen LogP contribution in [0.15, 0.2) is 12.4 Å². The summed E-state index contributed by atoms with van der Waals surface area (Å²) in [5.74, 6) is 1.43. The van der Waals surface area contributed by atoms with Gasteiger partial charge in [-0.2, -0.15) is 0 Å². The van der Waals surface area contributed by atoms with Gasteiger partial charge in [-0.15, -0.1) is 0 Å². The Balaban J connectivity index is 2.38. The van der Waals surface area contributed by atoms with Crippen LogP contribution in [0.2, 0.25) is 0 Å². The predicted molar refractivity (Wildman–Crippen MR) is 69.3 cm³/mol. The monoisotopic (exact) mass is 287 g/mol. The Labute approximate surface area is 105 Å². The highest BCUT2D eigenvalue weighted by Crippen LogP contribution is 2.12. The van der Waals surface area contributed by atoms with Crippen LogP contribution in [-0.4, -0.2) is 27.9 Å². The number of rotatable bonds is 7. The Morgan fingerprint density at radius 2 is 2.25 bits per heavy atom. The summed E-state index contributed by atoms with van der Waals surface area (Å²) in [5.41, 5.74) is 0. The lowest BCUT2D eigenvalue weighted by molar-refractivity contribution is 0.326. The SMILES string of the molecule is CCOc1cc(NCCC(Br)CC)ncn1. The standard InChI is InChI=1S/C11H18BrN3O/c1-3-9(12)5-6-13-10-7-11(16-4-2)15-8-14-10/h7-9H,3-6H2,1-2H3,(H,13,14,15).